The van der Waals surface area contributed by atoms with Crippen LogP contribution in [-0.2, 0) is 13.6 Å². The van der Waals surface area contributed by atoms with Crippen LogP contribution in [0.4, 0.5) is 0 Å². The number of likely N-dealkylation sites (N-methyl/N-ethyl adjacent to an activating group) is 1. The van der Waals surface area contributed by atoms with Crippen LogP contribution in [0, 0.1) is 12.3 Å². The number of hydrogen-bond donors (Lipinski definition) is 1. The molecule has 0 aromatic carbocycles. The first-order valence-electron chi connectivity index (χ1n) is 5.45. The van der Waals surface area contributed by atoms with Gasteiger partial charge in [0.25, 0.3) is 0 Å². The van der Waals surface area contributed by atoms with Gasteiger partial charge in [0.05, 0.1) is 13.1 Å². The Hall–Kier alpha value is -1.31. The molecule has 0 aliphatic carbocycles. The number of aromatic nitrogens is 2. The molecule has 1 aromatic rings. The molecule has 0 spiro atoms. The molecule has 0 bridgehead atoms. The van der Waals surface area contributed by atoms with Crippen molar-refractivity contribution in [1.82, 2.24) is 19.8 Å². The Labute approximate surface area is 97.7 Å². The summed E-state index contributed by atoms with van der Waals surface area (Å²) in [7, 11) is 4.11. The molecule has 1 atom stereocenters. The molecule has 4 nitrogen and oxygen atoms in total. The summed E-state index contributed by atoms with van der Waals surface area (Å²) in [5.74, 6) is 3.65. The maximum absolute atomic E-state index is 5.18. The van der Waals surface area contributed by atoms with Crippen molar-refractivity contribution >= 4 is 0 Å². The number of aryl methyl sites for hydroxylation is 1. The molecule has 0 aliphatic rings. The van der Waals surface area contributed by atoms with Gasteiger partial charge in [-0.3, -0.25) is 4.90 Å². The minimum Gasteiger partial charge on any atom is -0.337 e. The molecule has 88 valence electrons. The van der Waals surface area contributed by atoms with Crippen molar-refractivity contribution in [2.24, 2.45) is 7.05 Å². The first kappa shape index (κ1) is 12.8. The fourth-order valence-electron chi connectivity index (χ4n) is 1.44. The number of terminal acetylenes is 1. The third-order valence-electron chi connectivity index (χ3n) is 2.73. The van der Waals surface area contributed by atoms with Gasteiger partial charge in [0.1, 0.15) is 5.82 Å². The fourth-order valence-corrected chi connectivity index (χ4v) is 1.44. The third-order valence-corrected chi connectivity index (χ3v) is 2.73. The van der Waals surface area contributed by atoms with E-state index in [1.54, 1.807) is 0 Å². The lowest BCUT2D eigenvalue weighted by atomic mass is 10.3. The van der Waals surface area contributed by atoms with Crippen LogP contribution in [0.5, 0.6) is 0 Å². The van der Waals surface area contributed by atoms with E-state index in [9.17, 15) is 0 Å². The number of nitrogens with zero attached hydrogens (tertiary/aromatic N) is 3. The maximum Gasteiger partial charge on any atom is 0.122 e. The van der Waals surface area contributed by atoms with Crippen LogP contribution < -0.4 is 5.32 Å². The summed E-state index contributed by atoms with van der Waals surface area (Å²) in [6, 6.07) is 0.435. The van der Waals surface area contributed by atoms with Crippen molar-refractivity contribution < 1.29 is 0 Å². The normalized spacial score (nSPS) is 12.7. The van der Waals surface area contributed by atoms with Gasteiger partial charge in [-0.25, -0.2) is 4.98 Å². The molecule has 16 heavy (non-hydrogen) atoms. The smallest absolute Gasteiger partial charge is 0.122 e. The average Bonchev–Trinajstić information content (AvgIpc) is 2.64. The predicted octanol–water partition coefficient (Wildman–Crippen LogP) is 0.463. The Balaban J connectivity index is 2.37. The highest BCUT2D eigenvalue weighted by Crippen LogP contribution is 2.02. The highest BCUT2D eigenvalue weighted by Gasteiger charge is 2.10. The topological polar surface area (TPSA) is 33.1 Å². The average molecular weight is 220 g/mol. The van der Waals surface area contributed by atoms with Crippen LogP contribution >= 0.6 is 0 Å². The van der Waals surface area contributed by atoms with Crippen LogP contribution in [0.3, 0.4) is 0 Å². The van der Waals surface area contributed by atoms with E-state index in [1.165, 1.54) is 0 Å². The third kappa shape index (κ3) is 3.69. The van der Waals surface area contributed by atoms with Gasteiger partial charge in [-0.05, 0) is 14.0 Å². The number of rotatable bonds is 6. The van der Waals surface area contributed by atoms with Gasteiger partial charge in [-0.2, -0.15) is 0 Å². The summed E-state index contributed by atoms with van der Waals surface area (Å²) >= 11 is 0. The molecule has 0 amide bonds. The second-order valence-corrected chi connectivity index (χ2v) is 4.05. The molecule has 1 unspecified atom stereocenters. The van der Waals surface area contributed by atoms with Gasteiger partial charge in [-0.15, -0.1) is 6.42 Å². The highest BCUT2D eigenvalue weighted by molar-refractivity contribution is 4.91. The molecule has 1 rings (SSSR count). The van der Waals surface area contributed by atoms with Crippen molar-refractivity contribution in [1.29, 1.82) is 0 Å². The predicted molar refractivity (Wildman–Crippen MR) is 65.8 cm³/mol. The SMILES string of the molecule is C#CCNCC(C)N(C)Cc1nccn1C. The minimum absolute atomic E-state index is 0.435. The van der Waals surface area contributed by atoms with E-state index < -0.39 is 0 Å². The molecule has 0 radical (unpaired) electrons. The van der Waals surface area contributed by atoms with E-state index >= 15 is 0 Å². The summed E-state index contributed by atoms with van der Waals surface area (Å²) in [6.07, 6.45) is 8.97. The maximum atomic E-state index is 5.18. The molecule has 0 saturated carbocycles. The molecule has 4 heteroatoms. The van der Waals surface area contributed by atoms with Crippen molar-refractivity contribution in [3.05, 3.63) is 18.2 Å². The Morgan fingerprint density at radius 2 is 2.44 bits per heavy atom. The lowest BCUT2D eigenvalue weighted by Crippen LogP contribution is -2.38. The van der Waals surface area contributed by atoms with Crippen LogP contribution in [0.15, 0.2) is 12.4 Å². The zero-order valence-electron chi connectivity index (χ0n) is 10.3. The molecule has 1 heterocycles. The van der Waals surface area contributed by atoms with E-state index in [4.69, 9.17) is 6.42 Å². The van der Waals surface area contributed by atoms with E-state index in [0.29, 0.717) is 12.6 Å². The van der Waals surface area contributed by atoms with Crippen molar-refractivity contribution in [3.8, 4) is 12.3 Å². The van der Waals surface area contributed by atoms with Gasteiger partial charge in [0, 0.05) is 32.0 Å². The summed E-state index contributed by atoms with van der Waals surface area (Å²) in [4.78, 5) is 6.56. The van der Waals surface area contributed by atoms with Crippen LogP contribution in [0.25, 0.3) is 0 Å². The Bertz CT molecular complexity index is 350. The lowest BCUT2D eigenvalue weighted by Gasteiger charge is -2.24. The molecule has 1 N–H and O–H groups in total. The number of imidazole rings is 1. The first-order chi connectivity index (χ1) is 7.65. The summed E-state index contributed by atoms with van der Waals surface area (Å²) in [5, 5.41) is 3.20. The highest BCUT2D eigenvalue weighted by atomic mass is 15.2. The molecule has 0 saturated heterocycles. The molecular weight excluding hydrogens is 200 g/mol. The fraction of sp³-hybridized carbons (Fsp3) is 0.583. The quantitative estimate of drug-likeness (QED) is 0.558. The standard InChI is InChI=1S/C12H20N4/c1-5-6-13-9-11(2)16(4)10-12-14-7-8-15(12)3/h1,7-8,11,13H,6,9-10H2,2-4H3. The lowest BCUT2D eigenvalue weighted by molar-refractivity contribution is 0.237. The van der Waals surface area contributed by atoms with Gasteiger partial charge in [-0.1, -0.05) is 5.92 Å². The number of hydrogen-bond acceptors (Lipinski definition) is 3. The van der Waals surface area contributed by atoms with E-state index in [-0.39, 0.29) is 0 Å². The molecule has 1 aromatic heterocycles. The molecule has 0 aliphatic heterocycles. The number of nitrogens with one attached hydrogen (secondary N) is 1. The summed E-state index contributed by atoms with van der Waals surface area (Å²) in [5.41, 5.74) is 0. The second-order valence-electron chi connectivity index (χ2n) is 4.05. The van der Waals surface area contributed by atoms with E-state index in [2.05, 4.69) is 35.1 Å². The van der Waals surface area contributed by atoms with Crippen LogP contribution in [-0.4, -0.2) is 40.6 Å². The molecule has 0 fully saturated rings. The van der Waals surface area contributed by atoms with E-state index in [0.717, 1.165) is 18.9 Å². The van der Waals surface area contributed by atoms with Gasteiger partial charge in [0.15, 0.2) is 0 Å². The van der Waals surface area contributed by atoms with Gasteiger partial charge >= 0.3 is 0 Å². The Kier molecular flexibility index (Phi) is 5.03. The van der Waals surface area contributed by atoms with Gasteiger partial charge < -0.3 is 9.88 Å². The Morgan fingerprint density at radius 1 is 1.69 bits per heavy atom. The summed E-state index contributed by atoms with van der Waals surface area (Å²) in [6.45, 7) is 4.54. The van der Waals surface area contributed by atoms with Crippen molar-refractivity contribution in [2.75, 3.05) is 20.1 Å². The Morgan fingerprint density at radius 3 is 3.00 bits per heavy atom. The summed E-state index contributed by atoms with van der Waals surface area (Å²) < 4.78 is 2.04. The van der Waals surface area contributed by atoms with E-state index in [1.807, 2.05) is 24.0 Å². The first-order valence-corrected chi connectivity index (χ1v) is 5.45. The zero-order chi connectivity index (χ0) is 12.0. The van der Waals surface area contributed by atoms with Crippen LogP contribution in [0.2, 0.25) is 0 Å². The molecular formula is C12H20N4. The second kappa shape index (κ2) is 6.31. The zero-order valence-corrected chi connectivity index (χ0v) is 10.3. The monoisotopic (exact) mass is 220 g/mol. The van der Waals surface area contributed by atoms with Gasteiger partial charge in [0.2, 0.25) is 0 Å². The minimum atomic E-state index is 0.435. The van der Waals surface area contributed by atoms with Crippen molar-refractivity contribution in [2.45, 2.75) is 19.5 Å². The van der Waals surface area contributed by atoms with Crippen LogP contribution in [0.1, 0.15) is 12.7 Å². The largest absolute Gasteiger partial charge is 0.337 e. The van der Waals surface area contributed by atoms with Crippen molar-refractivity contribution in [3.63, 3.8) is 0 Å².